The summed E-state index contributed by atoms with van der Waals surface area (Å²) in [5.74, 6) is 0.159. The second-order valence-corrected chi connectivity index (χ2v) is 10.8. The first-order valence-electron chi connectivity index (χ1n) is 14.3. The van der Waals surface area contributed by atoms with Crippen LogP contribution in [0.5, 0.6) is 0 Å². The average molecular weight is 546 g/mol. The molecule has 7 nitrogen and oxygen atoms in total. The molecule has 3 aliphatic heterocycles. The standard InChI is InChI=1S/C23H30N2O4.C10H13N/c1-4-6-7-21(16-8-10-29-11-9-16)25-20(5-2)23(27)24-19-12-17(14-26)18(15-28-3)13-22(19)25;1-8-4-3-5-9-6-11(2)7-10(8)9/h5,7,12-14,16H,4,6,8-11,15H2,1-3H3,(H,24,27);3-5H,6-7H2,1-2H3/b20-5-,21-7+;. The first kappa shape index (κ1) is 29.7. The van der Waals surface area contributed by atoms with E-state index in [1.165, 1.54) is 16.7 Å². The number of fused-ring (bicyclic) bond motifs is 2. The Morgan fingerprint density at radius 2 is 1.98 bits per heavy atom. The smallest absolute Gasteiger partial charge is 0.272 e. The van der Waals surface area contributed by atoms with E-state index >= 15 is 0 Å². The Balaban J connectivity index is 0.000000278. The summed E-state index contributed by atoms with van der Waals surface area (Å²) in [7, 11) is 3.78. The third-order valence-corrected chi connectivity index (χ3v) is 7.84. The lowest BCUT2D eigenvalue weighted by Crippen LogP contribution is -2.39. The number of benzene rings is 2. The van der Waals surface area contributed by atoms with Gasteiger partial charge >= 0.3 is 0 Å². The Kier molecular flexibility index (Phi) is 10.3. The Labute approximate surface area is 238 Å². The van der Waals surface area contributed by atoms with Gasteiger partial charge < -0.3 is 19.7 Å². The van der Waals surface area contributed by atoms with Crippen molar-refractivity contribution in [2.24, 2.45) is 5.92 Å². The fourth-order valence-corrected chi connectivity index (χ4v) is 5.76. The normalized spacial score (nSPS) is 18.6. The molecule has 0 spiro atoms. The molecule has 0 bridgehead atoms. The molecule has 0 saturated carbocycles. The fraction of sp³-hybridized carbons (Fsp3) is 0.455. The molecule has 3 heterocycles. The summed E-state index contributed by atoms with van der Waals surface area (Å²) in [6, 6.07) is 10.3. The maximum Gasteiger partial charge on any atom is 0.272 e. The number of aldehydes is 1. The van der Waals surface area contributed by atoms with Crippen LogP contribution >= 0.6 is 0 Å². The van der Waals surface area contributed by atoms with Gasteiger partial charge in [0.15, 0.2) is 0 Å². The fourth-order valence-electron chi connectivity index (χ4n) is 5.76. The zero-order chi connectivity index (χ0) is 28.6. The first-order chi connectivity index (χ1) is 19.4. The van der Waals surface area contributed by atoms with Crippen LogP contribution in [0.3, 0.4) is 0 Å². The molecule has 0 aliphatic carbocycles. The number of methoxy groups -OCH3 is 1. The van der Waals surface area contributed by atoms with Crippen molar-refractivity contribution < 1.29 is 19.1 Å². The molecule has 1 amide bonds. The van der Waals surface area contributed by atoms with Crippen LogP contribution in [0, 0.1) is 12.8 Å². The largest absolute Gasteiger partial charge is 0.381 e. The summed E-state index contributed by atoms with van der Waals surface area (Å²) in [6.45, 7) is 10.3. The Morgan fingerprint density at radius 3 is 2.62 bits per heavy atom. The number of aryl methyl sites for hydroxylation is 1. The highest BCUT2D eigenvalue weighted by Gasteiger charge is 2.34. The Bertz CT molecular complexity index is 1280. The number of anilines is 2. The van der Waals surface area contributed by atoms with Crippen molar-refractivity contribution in [1.29, 1.82) is 0 Å². The molecule has 0 atom stereocenters. The van der Waals surface area contributed by atoms with Gasteiger partial charge in [-0.25, -0.2) is 0 Å². The van der Waals surface area contributed by atoms with Gasteiger partial charge in [0.25, 0.3) is 5.91 Å². The summed E-state index contributed by atoms with van der Waals surface area (Å²) in [4.78, 5) is 28.9. The Hall–Kier alpha value is -3.26. The molecule has 3 aliphatic rings. The van der Waals surface area contributed by atoms with Crippen LogP contribution in [0.15, 0.2) is 53.9 Å². The third-order valence-electron chi connectivity index (χ3n) is 7.84. The van der Waals surface area contributed by atoms with E-state index in [0.29, 0.717) is 29.5 Å². The minimum absolute atomic E-state index is 0.161. The number of unbranched alkanes of at least 4 members (excludes halogenated alkanes) is 1. The third kappa shape index (κ3) is 6.54. The summed E-state index contributed by atoms with van der Waals surface area (Å²) >= 11 is 0. The summed E-state index contributed by atoms with van der Waals surface area (Å²) < 4.78 is 10.9. The van der Waals surface area contributed by atoms with Gasteiger partial charge in [-0.3, -0.25) is 14.5 Å². The number of nitrogens with one attached hydrogen (secondary N) is 1. The van der Waals surface area contributed by atoms with Gasteiger partial charge in [0.2, 0.25) is 0 Å². The van der Waals surface area contributed by atoms with Gasteiger partial charge in [-0.1, -0.05) is 43.7 Å². The number of hydrogen-bond acceptors (Lipinski definition) is 6. The van der Waals surface area contributed by atoms with Crippen molar-refractivity contribution in [3.05, 3.63) is 81.7 Å². The van der Waals surface area contributed by atoms with E-state index in [4.69, 9.17) is 9.47 Å². The molecule has 40 heavy (non-hydrogen) atoms. The molecular formula is C33H43N3O4. The number of hydrogen-bond donors (Lipinski definition) is 1. The van der Waals surface area contributed by atoms with Crippen molar-refractivity contribution in [2.45, 2.75) is 66.2 Å². The second kappa shape index (κ2) is 13.9. The van der Waals surface area contributed by atoms with Crippen LogP contribution in [0.1, 0.15) is 72.1 Å². The van der Waals surface area contributed by atoms with Gasteiger partial charge in [-0.05, 0) is 74.5 Å². The van der Waals surface area contributed by atoms with Crippen LogP contribution < -0.4 is 10.2 Å². The van der Waals surface area contributed by atoms with Gasteiger partial charge in [0.05, 0.1) is 18.0 Å². The van der Waals surface area contributed by atoms with Crippen molar-refractivity contribution in [3.8, 4) is 0 Å². The minimum atomic E-state index is -0.161. The van der Waals surface area contributed by atoms with Gasteiger partial charge in [-0.15, -0.1) is 0 Å². The van der Waals surface area contributed by atoms with E-state index in [1.54, 1.807) is 13.2 Å². The maximum absolute atomic E-state index is 12.9. The number of amides is 1. The zero-order valence-corrected chi connectivity index (χ0v) is 24.6. The van der Waals surface area contributed by atoms with Crippen LogP contribution in [0.4, 0.5) is 11.4 Å². The van der Waals surface area contributed by atoms with Crippen molar-refractivity contribution >= 4 is 23.6 Å². The molecular weight excluding hydrogens is 502 g/mol. The first-order valence-corrected chi connectivity index (χ1v) is 14.3. The topological polar surface area (TPSA) is 71.1 Å². The SMILES string of the molecule is C/C=C1/C(=O)Nc2cc(C=O)c(COC)cc2N1/C(=C/CCC)C1CCOCC1.Cc1cccc2c1CN(C)C2. The van der Waals surface area contributed by atoms with E-state index in [2.05, 4.69) is 60.3 Å². The van der Waals surface area contributed by atoms with E-state index in [9.17, 15) is 9.59 Å². The van der Waals surface area contributed by atoms with Gasteiger partial charge in [0, 0.05) is 50.6 Å². The van der Waals surface area contributed by atoms with Crippen molar-refractivity contribution in [2.75, 3.05) is 37.6 Å². The van der Waals surface area contributed by atoms with Gasteiger partial charge in [-0.2, -0.15) is 0 Å². The number of carbonyl (C=O) groups is 2. The highest BCUT2D eigenvalue weighted by atomic mass is 16.5. The lowest BCUT2D eigenvalue weighted by molar-refractivity contribution is -0.113. The molecule has 1 fully saturated rings. The summed E-state index contributed by atoms with van der Waals surface area (Å²) in [5.41, 5.74) is 9.09. The molecule has 0 aromatic heterocycles. The van der Waals surface area contributed by atoms with E-state index in [1.807, 2.05) is 19.1 Å². The van der Waals surface area contributed by atoms with Crippen LogP contribution in [-0.2, 0) is 34.0 Å². The molecule has 2 aromatic carbocycles. The number of rotatable bonds is 7. The lowest BCUT2D eigenvalue weighted by atomic mass is 9.92. The summed E-state index contributed by atoms with van der Waals surface area (Å²) in [5, 5.41) is 2.95. The van der Waals surface area contributed by atoms with Crippen LogP contribution in [-0.4, -0.2) is 44.5 Å². The summed E-state index contributed by atoms with van der Waals surface area (Å²) in [6.07, 6.45) is 8.74. The molecule has 214 valence electrons. The van der Waals surface area contributed by atoms with Crippen molar-refractivity contribution in [1.82, 2.24) is 4.90 Å². The average Bonchev–Trinajstić information content (AvgIpc) is 3.35. The number of nitrogens with zero attached hydrogens (tertiary/aromatic N) is 2. The molecule has 2 aromatic rings. The Morgan fingerprint density at radius 1 is 1.20 bits per heavy atom. The molecule has 0 radical (unpaired) electrons. The zero-order valence-electron chi connectivity index (χ0n) is 24.6. The molecule has 7 heteroatoms. The molecule has 5 rings (SSSR count). The quantitative estimate of drug-likeness (QED) is 0.323. The second-order valence-electron chi connectivity index (χ2n) is 10.8. The maximum atomic E-state index is 12.9. The molecule has 0 unspecified atom stereocenters. The number of carbonyl (C=O) groups excluding carboxylic acids is 2. The predicted molar refractivity (Wildman–Crippen MR) is 160 cm³/mol. The number of allylic oxidation sites excluding steroid dienone is 3. The monoisotopic (exact) mass is 545 g/mol. The van der Waals surface area contributed by atoms with E-state index in [-0.39, 0.29) is 5.91 Å². The number of ether oxygens (including phenoxy) is 2. The van der Waals surface area contributed by atoms with E-state index in [0.717, 1.165) is 75.2 Å². The lowest BCUT2D eigenvalue weighted by Gasteiger charge is -2.39. The predicted octanol–water partition coefficient (Wildman–Crippen LogP) is 6.36. The van der Waals surface area contributed by atoms with Crippen molar-refractivity contribution in [3.63, 3.8) is 0 Å². The molecule has 1 saturated heterocycles. The van der Waals surface area contributed by atoms with Gasteiger partial charge in [0.1, 0.15) is 12.0 Å². The highest BCUT2D eigenvalue weighted by molar-refractivity contribution is 6.13. The molecule has 1 N–H and O–H groups in total. The van der Waals surface area contributed by atoms with E-state index < -0.39 is 0 Å². The van der Waals surface area contributed by atoms with Crippen LogP contribution in [0.25, 0.3) is 0 Å². The van der Waals surface area contributed by atoms with Crippen LogP contribution in [0.2, 0.25) is 0 Å². The minimum Gasteiger partial charge on any atom is -0.381 e. The highest BCUT2D eigenvalue weighted by Crippen LogP contribution is 2.42.